The number of nitrogens with one attached hydrogen (secondary N) is 1. The lowest BCUT2D eigenvalue weighted by Crippen LogP contribution is -2.37. The van der Waals surface area contributed by atoms with Gasteiger partial charge in [-0.05, 0) is 18.2 Å². The van der Waals surface area contributed by atoms with Gasteiger partial charge in [-0.2, -0.15) is 0 Å². The molecule has 124 valence electrons. The zero-order valence-corrected chi connectivity index (χ0v) is 12.8. The zero-order chi connectivity index (χ0) is 17.6. The summed E-state index contributed by atoms with van der Waals surface area (Å²) >= 11 is 0. The number of anilines is 1. The molecule has 1 aromatic heterocycles. The molecular weight excluding hydrogens is 326 g/mol. The summed E-state index contributed by atoms with van der Waals surface area (Å²) in [5, 5.41) is 3.00. The monoisotopic (exact) mass is 337 g/mol. The normalized spacial score (nSPS) is 18.5. The molecule has 4 rings (SSSR count). The van der Waals surface area contributed by atoms with Gasteiger partial charge in [0.1, 0.15) is 5.82 Å². The van der Waals surface area contributed by atoms with Crippen LogP contribution in [0.1, 0.15) is 38.6 Å². The van der Waals surface area contributed by atoms with Crippen LogP contribution in [0.15, 0.2) is 42.6 Å². The molecule has 8 heteroatoms. The molecule has 2 aliphatic heterocycles. The Labute approximate surface area is 141 Å². The van der Waals surface area contributed by atoms with E-state index in [0.29, 0.717) is 10.6 Å². The second kappa shape index (κ2) is 5.52. The fraction of sp³-hybridized carbons (Fsp3) is 0.118. The maximum atomic E-state index is 12.5. The number of hydroxylamine groups is 2. The summed E-state index contributed by atoms with van der Waals surface area (Å²) in [5.41, 5.74) is 0.816. The number of carbonyl (C=O) groups is 4. The Morgan fingerprint density at radius 2 is 1.76 bits per heavy atom. The first-order valence-corrected chi connectivity index (χ1v) is 7.50. The summed E-state index contributed by atoms with van der Waals surface area (Å²) in [4.78, 5) is 57.9. The first-order valence-electron chi connectivity index (χ1n) is 7.50. The van der Waals surface area contributed by atoms with Crippen molar-refractivity contribution < 1.29 is 24.0 Å². The van der Waals surface area contributed by atoms with Gasteiger partial charge in [-0.3, -0.25) is 14.4 Å². The number of amides is 3. The first kappa shape index (κ1) is 15.0. The van der Waals surface area contributed by atoms with Crippen LogP contribution in [0.3, 0.4) is 0 Å². The summed E-state index contributed by atoms with van der Waals surface area (Å²) in [5.74, 6) is -3.35. The third-order valence-electron chi connectivity index (χ3n) is 4.08. The summed E-state index contributed by atoms with van der Waals surface area (Å²) in [6.45, 7) is 0. The van der Waals surface area contributed by atoms with Crippen molar-refractivity contribution >= 4 is 29.5 Å². The van der Waals surface area contributed by atoms with E-state index >= 15 is 0 Å². The molecule has 0 bridgehead atoms. The predicted molar refractivity (Wildman–Crippen MR) is 83.3 cm³/mol. The second-order valence-electron chi connectivity index (χ2n) is 5.61. The second-order valence-corrected chi connectivity index (χ2v) is 5.61. The van der Waals surface area contributed by atoms with Crippen molar-refractivity contribution in [3.63, 3.8) is 0 Å². The van der Waals surface area contributed by atoms with E-state index in [-0.39, 0.29) is 23.4 Å². The van der Waals surface area contributed by atoms with Crippen LogP contribution in [-0.2, 0) is 14.4 Å². The number of fused-ring (bicyclic) bond motifs is 2. The molecule has 0 fully saturated rings. The fourth-order valence-electron chi connectivity index (χ4n) is 2.90. The molecule has 1 N–H and O–H groups in total. The smallest absolute Gasteiger partial charge is 0.329 e. The van der Waals surface area contributed by atoms with Crippen LogP contribution < -0.4 is 5.32 Å². The molecule has 0 aliphatic carbocycles. The molecular formula is C17H11N3O5. The molecule has 3 heterocycles. The van der Waals surface area contributed by atoms with Gasteiger partial charge in [0.15, 0.2) is 0 Å². The number of aromatic nitrogens is 1. The largest absolute Gasteiger partial charge is 0.341 e. The molecule has 2 aliphatic rings. The Hall–Kier alpha value is -3.55. The standard InChI is InChI=1S/C17H11N3O5/c21-13-8-12(9-6-3-7-18-14(9)19-13)17(24)25-20-15(22)10-4-1-2-5-11(10)16(20)23/h1-7,12H,8H2,(H,18,19,21). The minimum absolute atomic E-state index is 0.152. The SMILES string of the molecule is O=C1CC(C(=O)ON2C(=O)c3ccccc3C2=O)c2cccnc2N1. The van der Waals surface area contributed by atoms with Crippen LogP contribution in [0.2, 0.25) is 0 Å². The molecule has 3 amide bonds. The van der Waals surface area contributed by atoms with Crippen molar-refractivity contribution in [2.45, 2.75) is 12.3 Å². The van der Waals surface area contributed by atoms with Crippen LogP contribution >= 0.6 is 0 Å². The van der Waals surface area contributed by atoms with Crippen molar-refractivity contribution in [2.75, 3.05) is 5.32 Å². The average Bonchev–Trinajstić information content (AvgIpc) is 2.86. The van der Waals surface area contributed by atoms with E-state index in [0.717, 1.165) is 0 Å². The average molecular weight is 337 g/mol. The van der Waals surface area contributed by atoms with Gasteiger partial charge in [-0.15, -0.1) is 0 Å². The van der Waals surface area contributed by atoms with Gasteiger partial charge < -0.3 is 10.2 Å². The molecule has 1 aromatic carbocycles. The topological polar surface area (TPSA) is 106 Å². The first-order chi connectivity index (χ1) is 12.1. The van der Waals surface area contributed by atoms with E-state index in [1.807, 2.05) is 0 Å². The van der Waals surface area contributed by atoms with Crippen LogP contribution in [0.5, 0.6) is 0 Å². The summed E-state index contributed by atoms with van der Waals surface area (Å²) in [6, 6.07) is 9.45. The Morgan fingerprint density at radius 1 is 1.08 bits per heavy atom. The van der Waals surface area contributed by atoms with Gasteiger partial charge in [-0.25, -0.2) is 9.78 Å². The summed E-state index contributed by atoms with van der Waals surface area (Å²) in [6.07, 6.45) is 1.33. The zero-order valence-electron chi connectivity index (χ0n) is 12.8. The van der Waals surface area contributed by atoms with E-state index in [2.05, 4.69) is 10.3 Å². The number of hydrogen-bond acceptors (Lipinski definition) is 6. The minimum Gasteiger partial charge on any atom is -0.329 e. The molecule has 2 aromatic rings. The maximum Gasteiger partial charge on any atom is 0.341 e. The lowest BCUT2D eigenvalue weighted by atomic mass is 9.93. The number of pyridine rings is 1. The van der Waals surface area contributed by atoms with E-state index < -0.39 is 29.6 Å². The third kappa shape index (κ3) is 2.35. The lowest BCUT2D eigenvalue weighted by Gasteiger charge is -2.24. The van der Waals surface area contributed by atoms with Crippen molar-refractivity contribution in [2.24, 2.45) is 0 Å². The Bertz CT molecular complexity index is 904. The Balaban J connectivity index is 1.61. The van der Waals surface area contributed by atoms with E-state index in [9.17, 15) is 19.2 Å². The molecule has 0 saturated heterocycles. The number of rotatable bonds is 2. The number of hydrogen-bond donors (Lipinski definition) is 1. The molecule has 0 saturated carbocycles. The lowest BCUT2D eigenvalue weighted by molar-refractivity contribution is -0.171. The van der Waals surface area contributed by atoms with Crippen LogP contribution in [-0.4, -0.2) is 33.7 Å². The molecule has 8 nitrogen and oxygen atoms in total. The Kier molecular flexibility index (Phi) is 3.31. The Morgan fingerprint density at radius 3 is 2.44 bits per heavy atom. The number of nitrogens with zero attached hydrogens (tertiary/aromatic N) is 2. The maximum absolute atomic E-state index is 12.5. The third-order valence-corrected chi connectivity index (χ3v) is 4.08. The van der Waals surface area contributed by atoms with Crippen molar-refractivity contribution in [1.29, 1.82) is 0 Å². The van der Waals surface area contributed by atoms with Gasteiger partial charge in [0, 0.05) is 18.2 Å². The van der Waals surface area contributed by atoms with Gasteiger partial charge in [0.25, 0.3) is 11.8 Å². The van der Waals surface area contributed by atoms with Gasteiger partial charge in [0.2, 0.25) is 5.91 Å². The minimum atomic E-state index is -0.943. The highest BCUT2D eigenvalue weighted by molar-refractivity contribution is 6.21. The summed E-state index contributed by atoms with van der Waals surface area (Å²) in [7, 11) is 0. The fourth-order valence-corrected chi connectivity index (χ4v) is 2.90. The van der Waals surface area contributed by atoms with Crippen LogP contribution in [0.25, 0.3) is 0 Å². The van der Waals surface area contributed by atoms with Gasteiger partial charge in [-0.1, -0.05) is 23.3 Å². The highest BCUT2D eigenvalue weighted by Gasteiger charge is 2.41. The molecule has 1 atom stereocenters. The summed E-state index contributed by atoms with van der Waals surface area (Å²) < 4.78 is 0. The molecule has 0 radical (unpaired) electrons. The number of imide groups is 1. The van der Waals surface area contributed by atoms with Gasteiger partial charge in [0.05, 0.1) is 17.0 Å². The van der Waals surface area contributed by atoms with E-state index in [4.69, 9.17) is 4.84 Å². The van der Waals surface area contributed by atoms with Gasteiger partial charge >= 0.3 is 5.97 Å². The van der Waals surface area contributed by atoms with E-state index in [1.54, 1.807) is 24.3 Å². The van der Waals surface area contributed by atoms with Crippen molar-refractivity contribution in [1.82, 2.24) is 10.0 Å². The van der Waals surface area contributed by atoms with Crippen molar-refractivity contribution in [3.8, 4) is 0 Å². The van der Waals surface area contributed by atoms with Crippen LogP contribution in [0, 0.1) is 0 Å². The highest BCUT2D eigenvalue weighted by Crippen LogP contribution is 2.32. The number of benzene rings is 1. The molecule has 0 spiro atoms. The number of carbonyl (C=O) groups excluding carboxylic acids is 4. The van der Waals surface area contributed by atoms with E-state index in [1.165, 1.54) is 18.3 Å². The molecule has 1 unspecified atom stereocenters. The highest BCUT2D eigenvalue weighted by atomic mass is 16.7. The predicted octanol–water partition coefficient (Wildman–Crippen LogP) is 1.26. The quantitative estimate of drug-likeness (QED) is 0.827. The molecule has 25 heavy (non-hydrogen) atoms. The van der Waals surface area contributed by atoms with Crippen LogP contribution in [0.4, 0.5) is 5.82 Å². The van der Waals surface area contributed by atoms with Crippen molar-refractivity contribution in [3.05, 3.63) is 59.3 Å².